The molecule has 6 heteroatoms. The van der Waals surface area contributed by atoms with Crippen molar-refractivity contribution >= 4 is 29.0 Å². The Labute approximate surface area is 133 Å². The Kier molecular flexibility index (Phi) is 5.09. The van der Waals surface area contributed by atoms with Gasteiger partial charge in [0.25, 0.3) is 0 Å². The molecule has 0 fully saturated rings. The molecule has 3 N–H and O–H groups in total. The molecule has 0 saturated carbocycles. The largest absolute Gasteiger partial charge is 0.478 e. The summed E-state index contributed by atoms with van der Waals surface area (Å²) in [5.74, 6) is -1.63. The smallest absolute Gasteiger partial charge is 0.337 e. The number of benzene rings is 2. The first-order chi connectivity index (χ1) is 11.0. The van der Waals surface area contributed by atoms with Gasteiger partial charge < -0.3 is 15.7 Å². The van der Waals surface area contributed by atoms with Crippen molar-refractivity contribution in [3.05, 3.63) is 59.7 Å². The minimum atomic E-state index is -1.12. The zero-order valence-corrected chi connectivity index (χ0v) is 12.5. The van der Waals surface area contributed by atoms with E-state index in [9.17, 15) is 14.4 Å². The molecule has 0 heterocycles. The van der Waals surface area contributed by atoms with E-state index in [-0.39, 0.29) is 23.6 Å². The van der Waals surface area contributed by atoms with Crippen molar-refractivity contribution in [2.45, 2.75) is 6.92 Å². The molecule has 0 aliphatic heterocycles. The van der Waals surface area contributed by atoms with Crippen LogP contribution in [0, 0.1) is 0 Å². The van der Waals surface area contributed by atoms with Gasteiger partial charge in [0.05, 0.1) is 17.8 Å². The third-order valence-electron chi connectivity index (χ3n) is 3.18. The predicted molar refractivity (Wildman–Crippen MR) is 87.0 cm³/mol. The van der Waals surface area contributed by atoms with E-state index in [1.54, 1.807) is 36.4 Å². The van der Waals surface area contributed by atoms with Gasteiger partial charge in [-0.3, -0.25) is 9.59 Å². The van der Waals surface area contributed by atoms with Crippen LogP contribution in [0.15, 0.2) is 48.5 Å². The second-order valence-corrected chi connectivity index (χ2v) is 4.85. The fraction of sp³-hybridized carbons (Fsp3) is 0.118. The van der Waals surface area contributed by atoms with Crippen molar-refractivity contribution in [1.29, 1.82) is 0 Å². The highest BCUT2D eigenvalue weighted by molar-refractivity contribution is 6.03. The highest BCUT2D eigenvalue weighted by atomic mass is 16.4. The number of ketones is 1. The van der Waals surface area contributed by atoms with E-state index in [0.29, 0.717) is 11.3 Å². The molecule has 0 aliphatic carbocycles. The molecule has 6 nitrogen and oxygen atoms in total. The SMILES string of the molecule is CC(=O)c1ccccc1NCC(=O)Nc1ccccc1C(=O)O. The maximum Gasteiger partial charge on any atom is 0.337 e. The van der Waals surface area contributed by atoms with Gasteiger partial charge in [-0.2, -0.15) is 0 Å². The second-order valence-electron chi connectivity index (χ2n) is 4.85. The highest BCUT2D eigenvalue weighted by Gasteiger charge is 2.12. The number of aromatic carboxylic acids is 1. The number of hydrogen-bond donors (Lipinski definition) is 3. The highest BCUT2D eigenvalue weighted by Crippen LogP contribution is 2.16. The van der Waals surface area contributed by atoms with Crippen molar-refractivity contribution in [2.75, 3.05) is 17.2 Å². The molecule has 0 radical (unpaired) electrons. The number of carboxylic acids is 1. The summed E-state index contributed by atoms with van der Waals surface area (Å²) in [4.78, 5) is 34.6. The zero-order valence-electron chi connectivity index (χ0n) is 12.5. The third-order valence-corrected chi connectivity index (χ3v) is 3.18. The summed E-state index contributed by atoms with van der Waals surface area (Å²) in [7, 11) is 0. The number of nitrogens with one attached hydrogen (secondary N) is 2. The molecular weight excluding hydrogens is 296 g/mol. The average Bonchev–Trinajstić information content (AvgIpc) is 2.53. The van der Waals surface area contributed by atoms with Gasteiger partial charge in [-0.05, 0) is 31.2 Å². The van der Waals surface area contributed by atoms with E-state index in [1.165, 1.54) is 19.1 Å². The monoisotopic (exact) mass is 312 g/mol. The molecular formula is C17H16N2O4. The van der Waals surface area contributed by atoms with Crippen LogP contribution < -0.4 is 10.6 Å². The van der Waals surface area contributed by atoms with Gasteiger partial charge in [0.15, 0.2) is 5.78 Å². The first-order valence-corrected chi connectivity index (χ1v) is 6.95. The average molecular weight is 312 g/mol. The van der Waals surface area contributed by atoms with Crippen molar-refractivity contribution in [3.8, 4) is 0 Å². The van der Waals surface area contributed by atoms with Crippen LogP contribution in [-0.2, 0) is 4.79 Å². The number of carbonyl (C=O) groups excluding carboxylic acids is 2. The summed E-state index contributed by atoms with van der Waals surface area (Å²) in [6.45, 7) is 1.36. The Bertz CT molecular complexity index is 756. The van der Waals surface area contributed by atoms with Gasteiger partial charge in [-0.1, -0.05) is 24.3 Å². The molecule has 23 heavy (non-hydrogen) atoms. The van der Waals surface area contributed by atoms with E-state index in [1.807, 2.05) is 0 Å². The van der Waals surface area contributed by atoms with Crippen LogP contribution in [-0.4, -0.2) is 29.3 Å². The Morgan fingerprint density at radius 2 is 1.48 bits per heavy atom. The van der Waals surface area contributed by atoms with Gasteiger partial charge in [-0.25, -0.2) is 4.79 Å². The molecule has 0 bridgehead atoms. The lowest BCUT2D eigenvalue weighted by atomic mass is 10.1. The molecule has 1 amide bonds. The van der Waals surface area contributed by atoms with Gasteiger partial charge in [0.2, 0.25) is 5.91 Å². The number of Topliss-reactive ketones (excluding diaryl/α,β-unsaturated/α-hetero) is 1. The summed E-state index contributed by atoms with van der Waals surface area (Å²) in [5, 5.41) is 14.5. The number of amides is 1. The normalized spacial score (nSPS) is 9.96. The van der Waals surface area contributed by atoms with Crippen LogP contribution in [0.4, 0.5) is 11.4 Å². The van der Waals surface area contributed by atoms with E-state index < -0.39 is 11.9 Å². The third kappa shape index (κ3) is 4.16. The van der Waals surface area contributed by atoms with Crippen molar-refractivity contribution in [1.82, 2.24) is 0 Å². The maximum absolute atomic E-state index is 12.0. The molecule has 2 rings (SSSR count). The van der Waals surface area contributed by atoms with Gasteiger partial charge in [0, 0.05) is 11.3 Å². The summed E-state index contributed by atoms with van der Waals surface area (Å²) in [6, 6.07) is 13.0. The van der Waals surface area contributed by atoms with E-state index in [0.717, 1.165) is 0 Å². The first-order valence-electron chi connectivity index (χ1n) is 6.95. The van der Waals surface area contributed by atoms with Crippen LogP contribution in [0.5, 0.6) is 0 Å². The van der Waals surface area contributed by atoms with Crippen molar-refractivity contribution in [3.63, 3.8) is 0 Å². The number of hydrogen-bond acceptors (Lipinski definition) is 4. The predicted octanol–water partition coefficient (Wildman–Crippen LogP) is 2.64. The molecule has 0 aliphatic rings. The fourth-order valence-corrected chi connectivity index (χ4v) is 2.09. The topological polar surface area (TPSA) is 95.5 Å². The van der Waals surface area contributed by atoms with Crippen LogP contribution in [0.2, 0.25) is 0 Å². The standard InChI is InChI=1S/C17H16N2O4/c1-11(20)12-6-2-4-8-14(12)18-10-16(21)19-15-9-5-3-7-13(15)17(22)23/h2-9,18H,10H2,1H3,(H,19,21)(H,22,23). The molecule has 0 saturated heterocycles. The number of rotatable bonds is 6. The van der Waals surface area contributed by atoms with E-state index >= 15 is 0 Å². The molecule has 118 valence electrons. The Morgan fingerprint density at radius 1 is 0.913 bits per heavy atom. The van der Waals surface area contributed by atoms with Crippen LogP contribution in [0.1, 0.15) is 27.6 Å². The molecule has 0 atom stereocenters. The number of carbonyl (C=O) groups is 3. The number of para-hydroxylation sites is 2. The Hall–Kier alpha value is -3.15. The summed E-state index contributed by atoms with van der Waals surface area (Å²) >= 11 is 0. The summed E-state index contributed by atoms with van der Waals surface area (Å²) in [5.41, 5.74) is 1.30. The van der Waals surface area contributed by atoms with Crippen molar-refractivity contribution in [2.24, 2.45) is 0 Å². The van der Waals surface area contributed by atoms with Gasteiger partial charge in [0.1, 0.15) is 0 Å². The maximum atomic E-state index is 12.0. The second kappa shape index (κ2) is 7.22. The van der Waals surface area contributed by atoms with E-state index in [4.69, 9.17) is 5.11 Å². The van der Waals surface area contributed by atoms with Gasteiger partial charge in [-0.15, -0.1) is 0 Å². The quantitative estimate of drug-likeness (QED) is 0.713. The molecule has 2 aromatic carbocycles. The van der Waals surface area contributed by atoms with Gasteiger partial charge >= 0.3 is 5.97 Å². The number of anilines is 2. The fourth-order valence-electron chi connectivity index (χ4n) is 2.09. The molecule has 0 unspecified atom stereocenters. The zero-order chi connectivity index (χ0) is 16.8. The summed E-state index contributed by atoms with van der Waals surface area (Å²) < 4.78 is 0. The van der Waals surface area contributed by atoms with Crippen LogP contribution in [0.25, 0.3) is 0 Å². The van der Waals surface area contributed by atoms with Crippen molar-refractivity contribution < 1.29 is 19.5 Å². The van der Waals surface area contributed by atoms with Crippen LogP contribution >= 0.6 is 0 Å². The Morgan fingerprint density at radius 3 is 2.09 bits per heavy atom. The van der Waals surface area contributed by atoms with E-state index in [2.05, 4.69) is 10.6 Å². The summed E-state index contributed by atoms with van der Waals surface area (Å²) in [6.07, 6.45) is 0. The Balaban J connectivity index is 2.04. The molecule has 2 aromatic rings. The lowest BCUT2D eigenvalue weighted by Gasteiger charge is -2.11. The molecule has 0 spiro atoms. The number of carboxylic acid groups (broad SMARTS) is 1. The van der Waals surface area contributed by atoms with Crippen LogP contribution in [0.3, 0.4) is 0 Å². The lowest BCUT2D eigenvalue weighted by Crippen LogP contribution is -2.23. The minimum Gasteiger partial charge on any atom is -0.478 e. The molecule has 0 aromatic heterocycles. The lowest BCUT2D eigenvalue weighted by molar-refractivity contribution is -0.114. The first kappa shape index (κ1) is 16.2. The minimum absolute atomic E-state index is 0.0185.